The molecule has 143 valence electrons. The fraction of sp³-hybridized carbons (Fsp3) is 0.400. The molecule has 2 rings (SSSR count). The Balaban J connectivity index is -0.0000000474. The first-order valence-corrected chi connectivity index (χ1v) is 7.58. The molecule has 0 saturated carbocycles. The molecule has 2 fully saturated rings. The molecule has 4 nitrogen and oxygen atoms in total. The first-order valence-electron chi connectivity index (χ1n) is 7.58. The van der Waals surface area contributed by atoms with Gasteiger partial charge in [0.1, 0.15) is 0 Å². The van der Waals surface area contributed by atoms with E-state index in [1.54, 1.807) is 0 Å². The second-order valence-corrected chi connectivity index (χ2v) is 3.60. The Morgan fingerprint density at radius 1 is 0.385 bits per heavy atom. The molecule has 0 atom stereocenters. The largest absolute Gasteiger partial charge is 1.00 e. The molecule has 6 heteroatoms. The molecule has 0 aromatic rings. The van der Waals surface area contributed by atoms with Crippen LogP contribution in [0.4, 0.5) is 0 Å². The van der Waals surface area contributed by atoms with Gasteiger partial charge in [-0.15, -0.1) is 0 Å². The molecule has 0 spiro atoms. The third kappa shape index (κ3) is 83.3. The summed E-state index contributed by atoms with van der Waals surface area (Å²) < 4.78 is 19.8. The average molecular weight is 488 g/mol. The summed E-state index contributed by atoms with van der Waals surface area (Å²) in [4.78, 5) is 0. The molecule has 2 aliphatic rings. The Hall–Kier alpha value is 1.80. The van der Waals surface area contributed by atoms with Gasteiger partial charge in [-0.3, -0.25) is 0 Å². The molecule has 0 aromatic heterocycles. The first-order chi connectivity index (χ1) is 11.7. The van der Waals surface area contributed by atoms with Gasteiger partial charge in [0.15, 0.2) is 0 Å². The normalized spacial score (nSPS) is 13.8. The Morgan fingerprint density at radius 2 is 0.462 bits per heavy atom. The van der Waals surface area contributed by atoms with Crippen molar-refractivity contribution in [3.63, 3.8) is 0 Å². The molecule has 2 aliphatic heterocycles. The fourth-order valence-electron chi connectivity index (χ4n) is 0.880. The van der Waals surface area contributed by atoms with E-state index in [-0.39, 0.29) is 60.2 Å². The second kappa shape index (κ2) is 56.3. The average Bonchev–Trinajstić information content (AvgIpc) is 2.61. The maximum absolute atomic E-state index is 4.94. The monoisotopic (exact) mass is 488 g/mol. The molecular formula is C20H36LiO4Pr+. The van der Waals surface area contributed by atoms with Crippen molar-refractivity contribution in [1.29, 1.82) is 0 Å². The van der Waals surface area contributed by atoms with Gasteiger partial charge in [0.05, 0.1) is 52.9 Å². The molecule has 13 radical (unpaired) electrons. The quantitative estimate of drug-likeness (QED) is 0.466. The Morgan fingerprint density at radius 3 is 0.500 bits per heavy atom. The van der Waals surface area contributed by atoms with Crippen LogP contribution in [0.3, 0.4) is 0 Å². The molecule has 0 amide bonds. The van der Waals surface area contributed by atoms with E-state index in [0.29, 0.717) is 0 Å². The zero-order valence-electron chi connectivity index (χ0n) is 16.8. The van der Waals surface area contributed by atoms with E-state index < -0.39 is 0 Å². The van der Waals surface area contributed by atoms with Crippen LogP contribution in [-0.2, 0) is 18.9 Å². The predicted octanol–water partition coefficient (Wildman–Crippen LogP) is 0.506. The summed E-state index contributed by atoms with van der Waals surface area (Å²) in [7, 11) is 0. The van der Waals surface area contributed by atoms with E-state index in [4.69, 9.17) is 18.9 Å². The summed E-state index contributed by atoms with van der Waals surface area (Å²) in [6, 6.07) is 0. The summed E-state index contributed by atoms with van der Waals surface area (Å²) in [5, 5.41) is 0. The third-order valence-corrected chi connectivity index (χ3v) is 1.49. The van der Waals surface area contributed by atoms with E-state index in [1.807, 2.05) is 0 Å². The maximum atomic E-state index is 4.94. The molecular weight excluding hydrogens is 452 g/mol. The van der Waals surface area contributed by atoms with Gasteiger partial charge in [0.25, 0.3) is 0 Å². The SMILES string of the molecule is C1COCCO1.C1COCCO1.[CH2][CH][CH2].[CH2][CH][CH2].[CH2][CH][CH2].[CH2][CH][CH2].[Li+].[Pr]. The van der Waals surface area contributed by atoms with Crippen LogP contribution in [-0.4, -0.2) is 52.9 Å². The minimum atomic E-state index is 0. The minimum absolute atomic E-state index is 0. The molecule has 0 N–H and O–H groups in total. The van der Waals surface area contributed by atoms with Crippen LogP contribution in [0.5, 0.6) is 0 Å². The van der Waals surface area contributed by atoms with Crippen molar-refractivity contribution in [2.75, 3.05) is 52.9 Å². The van der Waals surface area contributed by atoms with Crippen LogP contribution in [0.25, 0.3) is 0 Å². The summed E-state index contributed by atoms with van der Waals surface area (Å²) in [6.45, 7) is 32.2. The first kappa shape index (κ1) is 42.0. The van der Waals surface area contributed by atoms with Gasteiger partial charge in [-0.05, 0) is 81.1 Å². The zero-order valence-corrected chi connectivity index (χ0v) is 20.5. The van der Waals surface area contributed by atoms with Gasteiger partial charge in [0, 0.05) is 41.3 Å². The van der Waals surface area contributed by atoms with Crippen LogP contribution in [0.2, 0.25) is 0 Å². The van der Waals surface area contributed by atoms with Crippen molar-refractivity contribution in [3.8, 4) is 0 Å². The Kier molecular flexibility index (Phi) is 91.0. The third-order valence-electron chi connectivity index (χ3n) is 1.49. The van der Waals surface area contributed by atoms with E-state index in [0.717, 1.165) is 52.9 Å². The van der Waals surface area contributed by atoms with Crippen LogP contribution < -0.4 is 18.9 Å². The van der Waals surface area contributed by atoms with Gasteiger partial charge < -0.3 is 18.9 Å². The van der Waals surface area contributed by atoms with Crippen molar-refractivity contribution >= 4 is 0 Å². The summed E-state index contributed by atoms with van der Waals surface area (Å²) >= 11 is 0. The minimum Gasteiger partial charge on any atom is -0.377 e. The molecule has 0 aliphatic carbocycles. The standard InChI is InChI=1S/2C4H8O2.4C3H5.Li.Pr/c2*1-2-6-4-3-5-1;4*1-3-2;;/h2*1-4H2;4*3H,1-2H2;;/q;;;;;;+1;. The number of hydrogen-bond donors (Lipinski definition) is 0. The van der Waals surface area contributed by atoms with E-state index >= 15 is 0 Å². The number of ether oxygens (including phenoxy) is 4. The van der Waals surface area contributed by atoms with Gasteiger partial charge >= 0.3 is 18.9 Å². The zero-order chi connectivity index (χ0) is 19.3. The van der Waals surface area contributed by atoms with Gasteiger partial charge in [-0.1, -0.05) is 0 Å². The molecule has 26 heavy (non-hydrogen) atoms. The van der Waals surface area contributed by atoms with Crippen LogP contribution in [0, 0.1) is 122 Å². The predicted molar refractivity (Wildman–Crippen MR) is 103 cm³/mol. The molecule has 0 bridgehead atoms. The van der Waals surface area contributed by atoms with Crippen LogP contribution in [0.15, 0.2) is 0 Å². The van der Waals surface area contributed by atoms with Gasteiger partial charge in [0.2, 0.25) is 0 Å². The summed E-state index contributed by atoms with van der Waals surface area (Å²) in [5.74, 6) is 0. The Bertz CT molecular complexity index is 105. The van der Waals surface area contributed by atoms with Crippen LogP contribution >= 0.6 is 0 Å². The smallest absolute Gasteiger partial charge is 0.377 e. The van der Waals surface area contributed by atoms with Crippen molar-refractivity contribution in [3.05, 3.63) is 81.1 Å². The van der Waals surface area contributed by atoms with Crippen molar-refractivity contribution < 1.29 is 79.1 Å². The van der Waals surface area contributed by atoms with E-state index in [2.05, 4.69) is 55.4 Å². The summed E-state index contributed by atoms with van der Waals surface area (Å²) in [5.41, 5.74) is 0. The topological polar surface area (TPSA) is 36.9 Å². The maximum Gasteiger partial charge on any atom is 1.00 e. The molecule has 2 heterocycles. The number of rotatable bonds is 0. The van der Waals surface area contributed by atoms with Crippen LogP contribution in [0.1, 0.15) is 0 Å². The Labute approximate surface area is 211 Å². The molecule has 2 saturated heterocycles. The van der Waals surface area contributed by atoms with Crippen molar-refractivity contribution in [1.82, 2.24) is 0 Å². The van der Waals surface area contributed by atoms with E-state index in [9.17, 15) is 0 Å². The second-order valence-electron chi connectivity index (χ2n) is 3.60. The number of hydrogen-bond acceptors (Lipinski definition) is 4. The van der Waals surface area contributed by atoms with E-state index in [1.165, 1.54) is 25.7 Å². The van der Waals surface area contributed by atoms with Crippen molar-refractivity contribution in [2.24, 2.45) is 0 Å². The molecule has 0 unspecified atom stereocenters. The summed E-state index contributed by atoms with van der Waals surface area (Å²) in [6.07, 6.45) is 6.00. The molecule has 0 aromatic carbocycles. The van der Waals surface area contributed by atoms with Gasteiger partial charge in [-0.25, -0.2) is 0 Å². The van der Waals surface area contributed by atoms with Crippen molar-refractivity contribution in [2.45, 2.75) is 0 Å². The van der Waals surface area contributed by atoms with Gasteiger partial charge in [-0.2, -0.15) is 0 Å². The fourth-order valence-corrected chi connectivity index (χ4v) is 0.880.